The van der Waals surface area contributed by atoms with Crippen LogP contribution in [0.3, 0.4) is 0 Å². The molecule has 0 radical (unpaired) electrons. The Labute approximate surface area is 149 Å². The molecule has 0 aliphatic rings. The first-order valence-electron chi connectivity index (χ1n) is 7.73. The van der Waals surface area contributed by atoms with Crippen LogP contribution in [0, 0.1) is 0 Å². The van der Waals surface area contributed by atoms with Crippen molar-refractivity contribution in [3.05, 3.63) is 41.4 Å². The Morgan fingerprint density at radius 1 is 1.16 bits per heavy atom. The number of nitrogens with one attached hydrogen (secondary N) is 1. The number of carbonyl (C=O) groups is 1. The number of carbonyl (C=O) groups excluding carboxylic acids is 1. The van der Waals surface area contributed by atoms with E-state index in [1.807, 2.05) is 31.2 Å². The van der Waals surface area contributed by atoms with Gasteiger partial charge < -0.3 is 19.2 Å². The summed E-state index contributed by atoms with van der Waals surface area (Å²) in [5, 5.41) is 0.643. The summed E-state index contributed by atoms with van der Waals surface area (Å²) in [4.78, 5) is 19.0. The number of fused-ring (bicyclic) bond motifs is 1. The number of halogens is 1. The van der Waals surface area contributed by atoms with Crippen molar-refractivity contribution in [3.63, 3.8) is 0 Å². The molecule has 130 valence electrons. The second-order valence-corrected chi connectivity index (χ2v) is 5.64. The topological polar surface area (TPSA) is 73.4 Å². The maximum Gasteiger partial charge on any atom is 0.343 e. The standard InChI is InChI=1S/C18H17ClN2O4/c1-3-24-16-8-11(4-7-15(16)25-10-17(22)23-2)18-20-13-6-5-12(19)9-14(13)21-18/h4-9H,3,10H2,1-2H3,(H,20,21). The first-order valence-corrected chi connectivity index (χ1v) is 8.10. The van der Waals surface area contributed by atoms with E-state index >= 15 is 0 Å². The molecule has 7 heteroatoms. The number of ether oxygens (including phenoxy) is 3. The number of imidazole rings is 1. The number of hydrogen-bond acceptors (Lipinski definition) is 5. The zero-order valence-corrected chi connectivity index (χ0v) is 14.6. The van der Waals surface area contributed by atoms with Gasteiger partial charge in [0.2, 0.25) is 0 Å². The molecule has 6 nitrogen and oxygen atoms in total. The number of benzene rings is 2. The van der Waals surface area contributed by atoms with E-state index in [9.17, 15) is 4.79 Å². The van der Waals surface area contributed by atoms with Gasteiger partial charge in [-0.15, -0.1) is 0 Å². The maximum absolute atomic E-state index is 11.3. The predicted octanol–water partition coefficient (Wildman–Crippen LogP) is 3.83. The van der Waals surface area contributed by atoms with E-state index < -0.39 is 5.97 Å². The van der Waals surface area contributed by atoms with Crippen molar-refractivity contribution in [2.75, 3.05) is 20.3 Å². The van der Waals surface area contributed by atoms with Crippen molar-refractivity contribution < 1.29 is 19.0 Å². The van der Waals surface area contributed by atoms with Gasteiger partial charge in [-0.1, -0.05) is 11.6 Å². The molecule has 0 saturated heterocycles. The van der Waals surface area contributed by atoms with Crippen molar-refractivity contribution in [3.8, 4) is 22.9 Å². The third-order valence-electron chi connectivity index (χ3n) is 3.53. The number of rotatable bonds is 6. The minimum Gasteiger partial charge on any atom is -0.490 e. The molecule has 0 bridgehead atoms. The second kappa shape index (κ2) is 7.44. The summed E-state index contributed by atoms with van der Waals surface area (Å²) in [5.41, 5.74) is 2.51. The van der Waals surface area contributed by atoms with Gasteiger partial charge in [-0.2, -0.15) is 0 Å². The van der Waals surface area contributed by atoms with Crippen LogP contribution in [-0.2, 0) is 9.53 Å². The lowest BCUT2D eigenvalue weighted by Gasteiger charge is -2.12. The molecule has 0 unspecified atom stereocenters. The quantitative estimate of drug-likeness (QED) is 0.676. The van der Waals surface area contributed by atoms with Crippen LogP contribution >= 0.6 is 11.6 Å². The Morgan fingerprint density at radius 3 is 2.76 bits per heavy atom. The molecule has 1 aromatic heterocycles. The van der Waals surface area contributed by atoms with Gasteiger partial charge in [0, 0.05) is 10.6 Å². The third kappa shape index (κ3) is 3.85. The van der Waals surface area contributed by atoms with Gasteiger partial charge in [-0.25, -0.2) is 9.78 Å². The summed E-state index contributed by atoms with van der Waals surface area (Å²) in [6.07, 6.45) is 0. The highest BCUT2D eigenvalue weighted by Crippen LogP contribution is 2.33. The third-order valence-corrected chi connectivity index (χ3v) is 3.77. The lowest BCUT2D eigenvalue weighted by atomic mass is 10.2. The Kier molecular flexibility index (Phi) is 5.09. The highest BCUT2D eigenvalue weighted by Gasteiger charge is 2.12. The average Bonchev–Trinajstić information content (AvgIpc) is 3.03. The molecule has 0 aliphatic carbocycles. The van der Waals surface area contributed by atoms with Gasteiger partial charge in [-0.3, -0.25) is 0 Å². The number of aromatic nitrogens is 2. The zero-order valence-electron chi connectivity index (χ0n) is 13.8. The Morgan fingerprint density at radius 2 is 2.00 bits per heavy atom. The van der Waals surface area contributed by atoms with E-state index in [1.54, 1.807) is 12.1 Å². The van der Waals surface area contributed by atoms with E-state index in [2.05, 4.69) is 14.7 Å². The Hall–Kier alpha value is -2.73. The molecule has 0 saturated carbocycles. The lowest BCUT2D eigenvalue weighted by molar-refractivity contribution is -0.142. The molecule has 0 spiro atoms. The van der Waals surface area contributed by atoms with Crippen LogP contribution in [0.15, 0.2) is 36.4 Å². The molecule has 0 atom stereocenters. The van der Waals surface area contributed by atoms with E-state index in [4.69, 9.17) is 21.1 Å². The van der Waals surface area contributed by atoms with Crippen molar-refractivity contribution in [2.24, 2.45) is 0 Å². The second-order valence-electron chi connectivity index (χ2n) is 5.21. The summed E-state index contributed by atoms with van der Waals surface area (Å²) in [5.74, 6) is 1.23. The van der Waals surface area contributed by atoms with Gasteiger partial charge in [0.05, 0.1) is 24.8 Å². The van der Waals surface area contributed by atoms with Crippen LogP contribution in [0.4, 0.5) is 0 Å². The number of aromatic amines is 1. The van der Waals surface area contributed by atoms with Crippen molar-refractivity contribution in [2.45, 2.75) is 6.92 Å². The fourth-order valence-corrected chi connectivity index (χ4v) is 2.53. The summed E-state index contributed by atoms with van der Waals surface area (Å²) >= 11 is 6.01. The molecule has 3 rings (SSSR count). The molecule has 2 aromatic carbocycles. The molecule has 0 aliphatic heterocycles. The zero-order chi connectivity index (χ0) is 17.8. The lowest BCUT2D eigenvalue weighted by Crippen LogP contribution is -2.13. The van der Waals surface area contributed by atoms with Gasteiger partial charge in [0.1, 0.15) is 5.82 Å². The fraction of sp³-hybridized carbons (Fsp3) is 0.222. The number of esters is 1. The summed E-state index contributed by atoms with van der Waals surface area (Å²) in [7, 11) is 1.31. The highest BCUT2D eigenvalue weighted by molar-refractivity contribution is 6.31. The van der Waals surface area contributed by atoms with E-state index in [0.717, 1.165) is 16.6 Å². The van der Waals surface area contributed by atoms with Crippen LogP contribution in [-0.4, -0.2) is 36.3 Å². The van der Waals surface area contributed by atoms with Crippen molar-refractivity contribution in [1.82, 2.24) is 9.97 Å². The molecule has 0 fully saturated rings. The van der Waals surface area contributed by atoms with Crippen LogP contribution in [0.25, 0.3) is 22.4 Å². The van der Waals surface area contributed by atoms with Gasteiger partial charge in [0.25, 0.3) is 0 Å². The highest BCUT2D eigenvalue weighted by atomic mass is 35.5. The number of H-pyrrole nitrogens is 1. The first kappa shape index (κ1) is 17.1. The smallest absolute Gasteiger partial charge is 0.343 e. The van der Waals surface area contributed by atoms with Crippen molar-refractivity contribution >= 4 is 28.6 Å². The Bertz CT molecular complexity index is 907. The fourth-order valence-electron chi connectivity index (χ4n) is 2.36. The molecular formula is C18H17ClN2O4. The molecule has 25 heavy (non-hydrogen) atoms. The summed E-state index contributed by atoms with van der Waals surface area (Å²) < 4.78 is 15.7. The van der Waals surface area contributed by atoms with E-state index in [-0.39, 0.29) is 6.61 Å². The van der Waals surface area contributed by atoms with Gasteiger partial charge in [0.15, 0.2) is 18.1 Å². The minimum absolute atomic E-state index is 0.181. The van der Waals surface area contributed by atoms with Crippen LogP contribution < -0.4 is 9.47 Å². The minimum atomic E-state index is -0.458. The number of methoxy groups -OCH3 is 1. The molecule has 1 N–H and O–H groups in total. The maximum atomic E-state index is 11.3. The largest absolute Gasteiger partial charge is 0.490 e. The monoisotopic (exact) mass is 360 g/mol. The number of hydrogen-bond donors (Lipinski definition) is 1. The number of nitrogens with zero attached hydrogens (tertiary/aromatic N) is 1. The molecule has 3 aromatic rings. The van der Waals surface area contributed by atoms with E-state index in [0.29, 0.717) is 29.0 Å². The summed E-state index contributed by atoms with van der Waals surface area (Å²) in [6, 6.07) is 10.9. The predicted molar refractivity (Wildman–Crippen MR) is 95.2 cm³/mol. The molecule has 1 heterocycles. The summed E-state index contributed by atoms with van der Waals surface area (Å²) in [6.45, 7) is 2.16. The van der Waals surface area contributed by atoms with Gasteiger partial charge in [-0.05, 0) is 43.3 Å². The SMILES string of the molecule is CCOc1cc(-c2nc3ccc(Cl)cc3[nH]2)ccc1OCC(=O)OC. The molecular weight excluding hydrogens is 344 g/mol. The van der Waals surface area contributed by atoms with Crippen molar-refractivity contribution in [1.29, 1.82) is 0 Å². The normalized spacial score (nSPS) is 10.7. The Balaban J connectivity index is 1.92. The van der Waals surface area contributed by atoms with Crippen LogP contribution in [0.5, 0.6) is 11.5 Å². The molecule has 0 amide bonds. The van der Waals surface area contributed by atoms with E-state index in [1.165, 1.54) is 7.11 Å². The average molecular weight is 361 g/mol. The van der Waals surface area contributed by atoms with Gasteiger partial charge >= 0.3 is 5.97 Å². The van der Waals surface area contributed by atoms with Crippen LogP contribution in [0.1, 0.15) is 6.92 Å². The van der Waals surface area contributed by atoms with Crippen LogP contribution in [0.2, 0.25) is 5.02 Å². The first-order chi connectivity index (χ1) is 12.1.